The first-order valence-electron chi connectivity index (χ1n) is 5.49. The molecule has 0 unspecified atom stereocenters. The molecule has 1 aromatic heterocycles. The van der Waals surface area contributed by atoms with Crippen LogP contribution in [-0.4, -0.2) is 40.3 Å². The van der Waals surface area contributed by atoms with Crippen LogP contribution in [0.2, 0.25) is 0 Å². The molecule has 0 amide bonds. The third-order valence-corrected chi connectivity index (χ3v) is 2.51. The van der Waals surface area contributed by atoms with Gasteiger partial charge in [0.1, 0.15) is 12.4 Å². The van der Waals surface area contributed by atoms with Crippen molar-refractivity contribution in [3.63, 3.8) is 0 Å². The number of nitrogens with zero attached hydrogens (tertiary/aromatic N) is 3. The third-order valence-electron chi connectivity index (χ3n) is 2.51. The summed E-state index contributed by atoms with van der Waals surface area (Å²) in [5, 5.41) is 7.08. The second-order valence-corrected chi connectivity index (χ2v) is 3.92. The van der Waals surface area contributed by atoms with E-state index < -0.39 is 12.8 Å². The molecule has 0 spiro atoms. The summed E-state index contributed by atoms with van der Waals surface area (Å²) in [6.07, 6.45) is -4.34. The van der Waals surface area contributed by atoms with Crippen LogP contribution in [0.4, 0.5) is 13.2 Å². The second kappa shape index (κ2) is 5.11. The van der Waals surface area contributed by atoms with E-state index in [2.05, 4.69) is 15.2 Å². The summed E-state index contributed by atoms with van der Waals surface area (Å²) in [5.41, 5.74) is -0.304. The van der Waals surface area contributed by atoms with Gasteiger partial charge in [0.25, 0.3) is 0 Å². The van der Waals surface area contributed by atoms with Gasteiger partial charge in [0.2, 0.25) is 0 Å². The van der Waals surface area contributed by atoms with Gasteiger partial charge in [-0.05, 0) is 0 Å². The number of halogens is 3. The molecule has 0 fully saturated rings. The normalized spacial score (nSPS) is 15.7. The number of hydrogen-bond donors (Lipinski definition) is 1. The Morgan fingerprint density at radius 1 is 1.44 bits per heavy atom. The second-order valence-electron chi connectivity index (χ2n) is 3.92. The molecule has 0 aliphatic carbocycles. The lowest BCUT2D eigenvalue weighted by atomic mass is 10.4. The van der Waals surface area contributed by atoms with Gasteiger partial charge in [-0.15, -0.1) is 0 Å². The van der Waals surface area contributed by atoms with Gasteiger partial charge in [0.15, 0.2) is 0 Å². The quantitative estimate of drug-likeness (QED) is 0.762. The molecule has 0 radical (unpaired) electrons. The molecule has 0 saturated carbocycles. The van der Waals surface area contributed by atoms with Crippen molar-refractivity contribution in [2.75, 3.05) is 19.8 Å². The van der Waals surface area contributed by atoms with Crippen LogP contribution in [0.5, 0.6) is 0 Å². The molecular weight excluding hydrogens is 253 g/mol. The lowest BCUT2D eigenvalue weighted by Crippen LogP contribution is -2.34. The van der Waals surface area contributed by atoms with Gasteiger partial charge in [-0.1, -0.05) is 0 Å². The zero-order chi connectivity index (χ0) is 13.2. The molecular formula is C9H13F3N4O2. The highest BCUT2D eigenvalue weighted by atomic mass is 19.4. The summed E-state index contributed by atoms with van der Waals surface area (Å²) in [5.74, 6) is 0.599. The van der Waals surface area contributed by atoms with Crippen molar-refractivity contribution in [3.8, 4) is 0 Å². The van der Waals surface area contributed by atoms with Crippen LogP contribution >= 0.6 is 0 Å². The van der Waals surface area contributed by atoms with Crippen molar-refractivity contribution < 1.29 is 17.9 Å². The summed E-state index contributed by atoms with van der Waals surface area (Å²) in [7, 11) is 0. The number of fused-ring (bicyclic) bond motifs is 1. The minimum absolute atomic E-state index is 0.0227. The maximum atomic E-state index is 11.8. The van der Waals surface area contributed by atoms with Gasteiger partial charge >= 0.3 is 11.9 Å². The summed E-state index contributed by atoms with van der Waals surface area (Å²) in [6.45, 7) is 0.224. The fraction of sp³-hybridized carbons (Fsp3) is 0.778. The zero-order valence-corrected chi connectivity index (χ0v) is 9.53. The Morgan fingerprint density at radius 2 is 2.22 bits per heavy atom. The lowest BCUT2D eigenvalue weighted by molar-refractivity contribution is -0.174. The van der Waals surface area contributed by atoms with Gasteiger partial charge in [0, 0.05) is 13.1 Å². The standard InChI is InChI=1S/C9H13F3N4O2/c10-9(11,12)6-18-4-3-16-8(17)15-2-1-13-5-7(15)14-16/h13H,1-6H2. The van der Waals surface area contributed by atoms with Crippen molar-refractivity contribution in [2.24, 2.45) is 0 Å². The predicted molar refractivity (Wildman–Crippen MR) is 55.1 cm³/mol. The van der Waals surface area contributed by atoms with Gasteiger partial charge in [-0.25, -0.2) is 9.48 Å². The van der Waals surface area contributed by atoms with Gasteiger partial charge in [0.05, 0.1) is 19.7 Å². The average molecular weight is 266 g/mol. The molecule has 0 saturated heterocycles. The van der Waals surface area contributed by atoms with Crippen LogP contribution in [0.15, 0.2) is 4.79 Å². The van der Waals surface area contributed by atoms with Crippen LogP contribution < -0.4 is 11.0 Å². The summed E-state index contributed by atoms with van der Waals surface area (Å²) < 4.78 is 42.6. The van der Waals surface area contributed by atoms with Gasteiger partial charge < -0.3 is 10.1 Å². The molecule has 0 bridgehead atoms. The largest absolute Gasteiger partial charge is 0.411 e. The van der Waals surface area contributed by atoms with E-state index in [9.17, 15) is 18.0 Å². The Hall–Kier alpha value is -1.35. The van der Waals surface area contributed by atoms with Crippen molar-refractivity contribution in [1.82, 2.24) is 19.7 Å². The fourth-order valence-corrected chi connectivity index (χ4v) is 1.72. The van der Waals surface area contributed by atoms with Crippen molar-refractivity contribution >= 4 is 0 Å². The fourth-order valence-electron chi connectivity index (χ4n) is 1.72. The Bertz CT molecular complexity index is 465. The van der Waals surface area contributed by atoms with E-state index in [1.165, 1.54) is 4.57 Å². The minimum atomic E-state index is -4.34. The van der Waals surface area contributed by atoms with E-state index in [1.54, 1.807) is 0 Å². The van der Waals surface area contributed by atoms with Crippen molar-refractivity contribution in [1.29, 1.82) is 0 Å². The topological polar surface area (TPSA) is 61.1 Å². The molecule has 0 aromatic carbocycles. The van der Waals surface area contributed by atoms with E-state index in [1.807, 2.05) is 0 Å². The van der Waals surface area contributed by atoms with Crippen molar-refractivity contribution in [3.05, 3.63) is 16.3 Å². The molecule has 9 heteroatoms. The number of ether oxygens (including phenoxy) is 1. The SMILES string of the molecule is O=c1n(CCOCC(F)(F)F)nc2n1CCNC2. The Balaban J connectivity index is 1.90. The van der Waals surface area contributed by atoms with E-state index in [0.717, 1.165) is 4.68 Å². The summed E-state index contributed by atoms with van der Waals surface area (Å²) >= 11 is 0. The highest BCUT2D eigenvalue weighted by molar-refractivity contribution is 4.90. The molecule has 1 aliphatic rings. The monoisotopic (exact) mass is 266 g/mol. The molecule has 102 valence electrons. The van der Waals surface area contributed by atoms with Crippen LogP contribution in [0.25, 0.3) is 0 Å². The maximum Gasteiger partial charge on any atom is 0.411 e. The predicted octanol–water partition coefficient (Wildman–Crippen LogP) is -0.273. The van der Waals surface area contributed by atoms with E-state index in [0.29, 0.717) is 25.5 Å². The van der Waals surface area contributed by atoms with Crippen LogP contribution in [0.3, 0.4) is 0 Å². The molecule has 2 rings (SSSR count). The van der Waals surface area contributed by atoms with Gasteiger partial charge in [-0.2, -0.15) is 18.3 Å². The maximum absolute atomic E-state index is 11.8. The van der Waals surface area contributed by atoms with E-state index in [-0.39, 0.29) is 18.8 Å². The van der Waals surface area contributed by atoms with Crippen molar-refractivity contribution in [2.45, 2.75) is 25.8 Å². The molecule has 0 atom stereocenters. The van der Waals surface area contributed by atoms with Gasteiger partial charge in [-0.3, -0.25) is 4.57 Å². The molecule has 1 aromatic rings. The minimum Gasteiger partial charge on any atom is -0.370 e. The summed E-state index contributed by atoms with van der Waals surface area (Å²) in [6, 6.07) is 0. The highest BCUT2D eigenvalue weighted by Gasteiger charge is 2.27. The molecule has 18 heavy (non-hydrogen) atoms. The molecule has 2 heterocycles. The number of aromatic nitrogens is 3. The first kappa shape index (κ1) is 13.1. The highest BCUT2D eigenvalue weighted by Crippen LogP contribution is 2.14. The third kappa shape index (κ3) is 3.10. The Labute approximate surface area is 100 Å². The van der Waals surface area contributed by atoms with E-state index in [4.69, 9.17) is 0 Å². The van der Waals surface area contributed by atoms with Crippen LogP contribution in [0.1, 0.15) is 5.82 Å². The van der Waals surface area contributed by atoms with E-state index >= 15 is 0 Å². The average Bonchev–Trinajstić information content (AvgIpc) is 2.62. The molecule has 1 aliphatic heterocycles. The summed E-state index contributed by atoms with van der Waals surface area (Å²) in [4.78, 5) is 11.8. The number of nitrogens with one attached hydrogen (secondary N) is 1. The molecule has 1 N–H and O–H groups in total. The lowest BCUT2D eigenvalue weighted by Gasteiger charge is -2.11. The number of hydrogen-bond acceptors (Lipinski definition) is 4. The Morgan fingerprint density at radius 3 is 2.89 bits per heavy atom. The van der Waals surface area contributed by atoms with Crippen LogP contribution in [-0.2, 0) is 24.4 Å². The zero-order valence-electron chi connectivity index (χ0n) is 9.53. The molecule has 6 nitrogen and oxygen atoms in total. The first-order chi connectivity index (χ1) is 8.47. The number of alkyl halides is 3. The first-order valence-corrected chi connectivity index (χ1v) is 5.49. The van der Waals surface area contributed by atoms with Crippen LogP contribution in [0, 0.1) is 0 Å². The Kier molecular flexibility index (Phi) is 3.71. The number of rotatable bonds is 4. The smallest absolute Gasteiger partial charge is 0.370 e.